The van der Waals surface area contributed by atoms with Crippen LogP contribution in [0.2, 0.25) is 0 Å². The van der Waals surface area contributed by atoms with Gasteiger partial charge in [0.05, 0.1) is 21.3 Å². The van der Waals surface area contributed by atoms with Gasteiger partial charge < -0.3 is 4.57 Å². The summed E-state index contributed by atoms with van der Waals surface area (Å²) in [6.45, 7) is 4.71. The Labute approximate surface area is 289 Å². The summed E-state index contributed by atoms with van der Waals surface area (Å²) in [4.78, 5) is 4.91. The average Bonchev–Trinajstić information content (AvgIpc) is 3.80. The van der Waals surface area contributed by atoms with Crippen molar-refractivity contribution in [3.63, 3.8) is 0 Å². The highest BCUT2D eigenvalue weighted by Crippen LogP contribution is 2.50. The lowest BCUT2D eigenvalue weighted by molar-refractivity contribution is 0.660. The zero-order valence-corrected chi connectivity index (χ0v) is 28.1. The van der Waals surface area contributed by atoms with E-state index in [2.05, 4.69) is 176 Å². The van der Waals surface area contributed by atoms with Crippen molar-refractivity contribution in [2.45, 2.75) is 19.3 Å². The van der Waals surface area contributed by atoms with Crippen molar-refractivity contribution in [1.29, 1.82) is 0 Å². The molecule has 0 unspecified atom stereocenters. The molecule has 2 nitrogen and oxygen atoms in total. The van der Waals surface area contributed by atoms with E-state index in [1.807, 2.05) is 0 Å². The molecule has 2 aromatic heterocycles. The number of nitrogens with zero attached hydrogens (tertiary/aromatic N) is 2. The summed E-state index contributed by atoms with van der Waals surface area (Å²) in [5.41, 5.74) is 16.1. The Morgan fingerprint density at radius 2 is 1.18 bits per heavy atom. The van der Waals surface area contributed by atoms with Gasteiger partial charge in [0.15, 0.2) is 0 Å². The minimum Gasteiger partial charge on any atom is -0.309 e. The van der Waals surface area contributed by atoms with Gasteiger partial charge in [0.1, 0.15) is 5.01 Å². The fourth-order valence-electron chi connectivity index (χ4n) is 8.02. The topological polar surface area (TPSA) is 17.8 Å². The molecular formula is C46H32N2S. The second kappa shape index (κ2) is 10.6. The predicted molar refractivity (Wildman–Crippen MR) is 208 cm³/mol. The summed E-state index contributed by atoms with van der Waals surface area (Å²) >= 11 is 1.75. The van der Waals surface area contributed by atoms with Gasteiger partial charge in [-0.1, -0.05) is 123 Å². The smallest absolute Gasteiger partial charge is 0.124 e. The van der Waals surface area contributed by atoms with E-state index in [1.54, 1.807) is 11.3 Å². The van der Waals surface area contributed by atoms with Crippen LogP contribution in [0.4, 0.5) is 0 Å². The van der Waals surface area contributed by atoms with E-state index in [9.17, 15) is 0 Å². The van der Waals surface area contributed by atoms with Crippen LogP contribution in [0.1, 0.15) is 25.0 Å². The predicted octanol–water partition coefficient (Wildman–Crippen LogP) is 12.7. The number of para-hydroxylation sites is 2. The molecule has 0 amide bonds. The SMILES string of the molecule is CC1(C)c2ccccc2-c2ccc(-c3ccc4c(c3)c3c(-c5ccc(-c6nc7ccccc7s6)cc5)cccc3n4-c3ccccc3)cc21. The first-order valence-electron chi connectivity index (χ1n) is 16.9. The molecule has 0 saturated carbocycles. The van der Waals surface area contributed by atoms with Crippen molar-refractivity contribution in [1.82, 2.24) is 9.55 Å². The fraction of sp³-hybridized carbons (Fsp3) is 0.0652. The highest BCUT2D eigenvalue weighted by molar-refractivity contribution is 7.21. The molecule has 0 atom stereocenters. The number of hydrogen-bond donors (Lipinski definition) is 0. The van der Waals surface area contributed by atoms with Crippen molar-refractivity contribution in [3.8, 4) is 49.6 Å². The number of hydrogen-bond acceptors (Lipinski definition) is 2. The Balaban J connectivity index is 1.15. The molecule has 232 valence electrons. The van der Waals surface area contributed by atoms with Crippen LogP contribution >= 0.6 is 11.3 Å². The van der Waals surface area contributed by atoms with Gasteiger partial charge in [-0.3, -0.25) is 0 Å². The first kappa shape index (κ1) is 28.3. The Morgan fingerprint density at radius 3 is 2.04 bits per heavy atom. The monoisotopic (exact) mass is 644 g/mol. The van der Waals surface area contributed by atoms with Crippen molar-refractivity contribution >= 4 is 43.4 Å². The van der Waals surface area contributed by atoms with Gasteiger partial charge in [-0.25, -0.2) is 4.98 Å². The van der Waals surface area contributed by atoms with Gasteiger partial charge in [-0.2, -0.15) is 0 Å². The van der Waals surface area contributed by atoms with Crippen molar-refractivity contribution in [2.75, 3.05) is 0 Å². The molecule has 0 fully saturated rings. The van der Waals surface area contributed by atoms with E-state index in [0.717, 1.165) is 21.8 Å². The zero-order valence-electron chi connectivity index (χ0n) is 27.3. The summed E-state index contributed by atoms with van der Waals surface area (Å²) in [5.74, 6) is 0. The molecule has 49 heavy (non-hydrogen) atoms. The number of thiazole rings is 1. The van der Waals surface area contributed by atoms with Gasteiger partial charge in [-0.05, 0) is 93.0 Å². The highest BCUT2D eigenvalue weighted by Gasteiger charge is 2.35. The second-order valence-corrected chi connectivity index (χ2v) is 14.6. The lowest BCUT2D eigenvalue weighted by Gasteiger charge is -2.22. The van der Waals surface area contributed by atoms with E-state index in [-0.39, 0.29) is 5.41 Å². The molecule has 0 aliphatic heterocycles. The van der Waals surface area contributed by atoms with E-state index in [4.69, 9.17) is 4.98 Å². The standard InChI is InChI=1S/C46H32N2S/c1-46(2)38-15-7-6-13-35(38)36-25-23-32(28-39(36)46)31-24-26-41-37(27-31)44-34(14-10-17-42(44)48(41)33-11-4-3-5-12-33)29-19-21-30(22-20-29)45-47-40-16-8-9-18-43(40)49-45/h3-28H,1-2H3. The molecule has 0 bridgehead atoms. The van der Waals surface area contributed by atoms with Gasteiger partial charge in [0.25, 0.3) is 0 Å². The molecule has 10 rings (SSSR count). The van der Waals surface area contributed by atoms with Crippen molar-refractivity contribution in [3.05, 3.63) is 169 Å². The molecule has 9 aromatic rings. The van der Waals surface area contributed by atoms with E-state index >= 15 is 0 Å². The summed E-state index contributed by atoms with van der Waals surface area (Å²) in [6, 6.07) is 57.7. The first-order chi connectivity index (χ1) is 24.0. The molecular weight excluding hydrogens is 613 g/mol. The molecule has 0 saturated heterocycles. The van der Waals surface area contributed by atoms with Crippen molar-refractivity contribution in [2.24, 2.45) is 0 Å². The third-order valence-corrected chi connectivity index (χ3v) is 11.5. The Hall–Kier alpha value is -5.77. The van der Waals surface area contributed by atoms with E-state index in [1.165, 1.54) is 71.0 Å². The van der Waals surface area contributed by atoms with Gasteiger partial charge in [0.2, 0.25) is 0 Å². The van der Waals surface area contributed by atoms with Crippen LogP contribution in [0, 0.1) is 0 Å². The normalized spacial score (nSPS) is 13.3. The van der Waals surface area contributed by atoms with Crippen LogP contribution < -0.4 is 0 Å². The number of aromatic nitrogens is 2. The van der Waals surface area contributed by atoms with Crippen LogP contribution in [0.3, 0.4) is 0 Å². The highest BCUT2D eigenvalue weighted by atomic mass is 32.1. The largest absolute Gasteiger partial charge is 0.309 e. The maximum Gasteiger partial charge on any atom is 0.124 e. The number of fused-ring (bicyclic) bond motifs is 7. The third-order valence-electron chi connectivity index (χ3n) is 10.5. The van der Waals surface area contributed by atoms with Crippen LogP contribution in [0.25, 0.3) is 81.7 Å². The quantitative estimate of drug-likeness (QED) is 0.186. The summed E-state index contributed by atoms with van der Waals surface area (Å²) in [7, 11) is 0. The van der Waals surface area contributed by atoms with E-state index in [0.29, 0.717) is 0 Å². The first-order valence-corrected chi connectivity index (χ1v) is 17.7. The maximum atomic E-state index is 4.91. The van der Waals surface area contributed by atoms with Crippen LogP contribution in [-0.2, 0) is 5.41 Å². The third kappa shape index (κ3) is 4.29. The Bertz CT molecular complexity index is 2700. The van der Waals surface area contributed by atoms with Gasteiger partial charge in [-0.15, -0.1) is 11.3 Å². The average molecular weight is 645 g/mol. The summed E-state index contributed by atoms with van der Waals surface area (Å²) in [6.07, 6.45) is 0. The summed E-state index contributed by atoms with van der Waals surface area (Å²) in [5, 5.41) is 3.58. The molecule has 0 N–H and O–H groups in total. The molecule has 0 radical (unpaired) electrons. The van der Waals surface area contributed by atoms with Gasteiger partial charge >= 0.3 is 0 Å². The molecule has 7 aromatic carbocycles. The molecule has 0 spiro atoms. The van der Waals surface area contributed by atoms with Crippen LogP contribution in [-0.4, -0.2) is 9.55 Å². The molecule has 1 aliphatic rings. The maximum absolute atomic E-state index is 4.91. The lowest BCUT2D eigenvalue weighted by Crippen LogP contribution is -2.14. The molecule has 1 aliphatic carbocycles. The van der Waals surface area contributed by atoms with Gasteiger partial charge in [0, 0.05) is 27.4 Å². The lowest BCUT2D eigenvalue weighted by atomic mass is 9.81. The van der Waals surface area contributed by atoms with Crippen LogP contribution in [0.15, 0.2) is 158 Å². The van der Waals surface area contributed by atoms with E-state index < -0.39 is 0 Å². The van der Waals surface area contributed by atoms with Crippen molar-refractivity contribution < 1.29 is 0 Å². The number of rotatable bonds is 4. The Kier molecular flexibility index (Phi) is 6.12. The Morgan fingerprint density at radius 1 is 0.510 bits per heavy atom. The molecule has 3 heteroatoms. The number of benzene rings is 7. The summed E-state index contributed by atoms with van der Waals surface area (Å²) < 4.78 is 3.63. The fourth-order valence-corrected chi connectivity index (χ4v) is 8.99. The minimum atomic E-state index is -0.0416. The minimum absolute atomic E-state index is 0.0416. The van der Waals surface area contributed by atoms with Crippen LogP contribution in [0.5, 0.6) is 0 Å². The second-order valence-electron chi connectivity index (χ2n) is 13.6. The molecule has 2 heterocycles. The zero-order chi connectivity index (χ0) is 32.7.